The topological polar surface area (TPSA) is 113 Å². The molecule has 1 aliphatic heterocycles. The van der Waals surface area contributed by atoms with Crippen LogP contribution in [-0.2, 0) is 20.0 Å². The second-order valence-electron chi connectivity index (χ2n) is 8.76. The van der Waals surface area contributed by atoms with Crippen molar-refractivity contribution in [1.82, 2.24) is 4.31 Å². The van der Waals surface area contributed by atoms with E-state index in [-0.39, 0.29) is 21.0 Å². The Morgan fingerprint density at radius 3 is 1.97 bits per heavy atom. The molecule has 0 aliphatic carbocycles. The van der Waals surface area contributed by atoms with Crippen molar-refractivity contribution in [3.8, 4) is 0 Å². The number of benzene rings is 3. The molecule has 0 aromatic heterocycles. The predicted molar refractivity (Wildman–Crippen MR) is 140 cm³/mol. The fourth-order valence-corrected chi connectivity index (χ4v) is 6.63. The molecule has 0 bridgehead atoms. The average molecular weight is 528 g/mol. The Hall–Kier alpha value is -3.21. The molecule has 36 heavy (non-hydrogen) atoms. The van der Waals surface area contributed by atoms with E-state index in [9.17, 15) is 21.6 Å². The predicted octanol–water partition coefficient (Wildman–Crippen LogP) is 4.61. The van der Waals surface area contributed by atoms with Gasteiger partial charge in [0.25, 0.3) is 15.9 Å². The van der Waals surface area contributed by atoms with Crippen LogP contribution in [0.25, 0.3) is 0 Å². The van der Waals surface area contributed by atoms with Crippen LogP contribution in [0.4, 0.5) is 11.4 Å². The van der Waals surface area contributed by atoms with E-state index in [1.165, 1.54) is 52.8 Å². The van der Waals surface area contributed by atoms with Crippen LogP contribution in [-0.4, -0.2) is 40.1 Å². The van der Waals surface area contributed by atoms with Crippen LogP contribution in [0.2, 0.25) is 0 Å². The van der Waals surface area contributed by atoms with E-state index in [1.54, 1.807) is 24.3 Å². The lowest BCUT2D eigenvalue weighted by Crippen LogP contribution is -2.31. The highest BCUT2D eigenvalue weighted by molar-refractivity contribution is 7.92. The van der Waals surface area contributed by atoms with Crippen LogP contribution in [0.15, 0.2) is 82.6 Å². The summed E-state index contributed by atoms with van der Waals surface area (Å²) in [5, 5.41) is 2.72. The molecule has 2 N–H and O–H groups in total. The maximum atomic E-state index is 13.0. The van der Waals surface area contributed by atoms with Crippen LogP contribution < -0.4 is 10.0 Å². The Kier molecular flexibility index (Phi) is 7.77. The van der Waals surface area contributed by atoms with Crippen molar-refractivity contribution in [3.05, 3.63) is 83.9 Å². The maximum Gasteiger partial charge on any atom is 0.261 e. The molecule has 8 nitrogen and oxygen atoms in total. The minimum atomic E-state index is -3.90. The number of hydrogen-bond donors (Lipinski definition) is 2. The van der Waals surface area contributed by atoms with Crippen molar-refractivity contribution in [2.24, 2.45) is 0 Å². The van der Waals surface area contributed by atoms with Gasteiger partial charge in [0.05, 0.1) is 21.0 Å². The highest BCUT2D eigenvalue weighted by atomic mass is 32.2. The molecule has 3 aromatic rings. The Balaban J connectivity index is 1.50. The molecule has 190 valence electrons. The average Bonchev–Trinajstić information content (AvgIpc) is 3.15. The van der Waals surface area contributed by atoms with E-state index in [1.807, 2.05) is 6.92 Å². The van der Waals surface area contributed by atoms with Gasteiger partial charge >= 0.3 is 0 Å². The molecular weight excluding hydrogens is 498 g/mol. The van der Waals surface area contributed by atoms with Crippen molar-refractivity contribution in [2.75, 3.05) is 23.1 Å². The summed E-state index contributed by atoms with van der Waals surface area (Å²) in [5.41, 5.74) is 1.59. The summed E-state index contributed by atoms with van der Waals surface area (Å²) >= 11 is 0. The van der Waals surface area contributed by atoms with Crippen LogP contribution in [0.3, 0.4) is 0 Å². The number of hydrogen-bond acceptors (Lipinski definition) is 5. The van der Waals surface area contributed by atoms with Gasteiger partial charge in [0.2, 0.25) is 10.0 Å². The van der Waals surface area contributed by atoms with Crippen LogP contribution in [0.5, 0.6) is 0 Å². The molecule has 0 radical (unpaired) electrons. The number of nitrogens with zero attached hydrogens (tertiary/aromatic N) is 1. The number of aryl methyl sites for hydroxylation is 1. The molecule has 0 unspecified atom stereocenters. The molecular formula is C26H29N3O5S2. The number of sulfonamides is 2. The van der Waals surface area contributed by atoms with Crippen molar-refractivity contribution < 1.29 is 21.6 Å². The monoisotopic (exact) mass is 527 g/mol. The lowest BCUT2D eigenvalue weighted by Gasteiger charge is -2.20. The Labute approximate surface area is 212 Å². The molecule has 0 spiro atoms. The van der Waals surface area contributed by atoms with Gasteiger partial charge in [-0.1, -0.05) is 42.7 Å². The molecule has 1 amide bonds. The highest BCUT2D eigenvalue weighted by Gasteiger charge is 2.25. The van der Waals surface area contributed by atoms with Gasteiger partial charge in [-0.3, -0.25) is 9.52 Å². The summed E-state index contributed by atoms with van der Waals surface area (Å²) in [6.45, 7) is 2.88. The Morgan fingerprint density at radius 2 is 1.33 bits per heavy atom. The lowest BCUT2D eigenvalue weighted by molar-refractivity contribution is 0.102. The van der Waals surface area contributed by atoms with Crippen LogP contribution in [0.1, 0.15) is 41.6 Å². The molecule has 4 rings (SSSR count). The Morgan fingerprint density at radius 1 is 0.750 bits per heavy atom. The summed E-state index contributed by atoms with van der Waals surface area (Å²) in [6, 6.07) is 18.7. The zero-order valence-corrected chi connectivity index (χ0v) is 21.6. The normalized spacial score (nSPS) is 15.1. The van der Waals surface area contributed by atoms with Gasteiger partial charge in [-0.25, -0.2) is 16.8 Å². The largest absolute Gasteiger partial charge is 0.322 e. The fourth-order valence-electron chi connectivity index (χ4n) is 4.03. The summed E-state index contributed by atoms with van der Waals surface area (Å²) in [5.74, 6) is -0.527. The number of carbonyl (C=O) groups is 1. The van der Waals surface area contributed by atoms with Crippen molar-refractivity contribution in [3.63, 3.8) is 0 Å². The summed E-state index contributed by atoms with van der Waals surface area (Å²) in [7, 11) is -7.49. The van der Waals surface area contributed by atoms with E-state index >= 15 is 0 Å². The lowest BCUT2D eigenvalue weighted by atomic mass is 10.1. The molecule has 0 atom stereocenters. The van der Waals surface area contributed by atoms with E-state index < -0.39 is 26.0 Å². The number of rotatable bonds is 7. The maximum absolute atomic E-state index is 13.0. The molecule has 1 aliphatic rings. The van der Waals surface area contributed by atoms with Crippen LogP contribution >= 0.6 is 0 Å². The third-order valence-corrected chi connectivity index (χ3v) is 9.36. The second kappa shape index (κ2) is 10.8. The minimum Gasteiger partial charge on any atom is -0.322 e. The van der Waals surface area contributed by atoms with Gasteiger partial charge in [-0.15, -0.1) is 0 Å². The van der Waals surface area contributed by atoms with E-state index in [2.05, 4.69) is 10.0 Å². The second-order valence-corrected chi connectivity index (χ2v) is 12.4. The summed E-state index contributed by atoms with van der Waals surface area (Å²) in [6.07, 6.45) is 3.75. The molecule has 1 heterocycles. The standard InChI is InChI=1S/C26H29N3O5S2/c1-20-10-14-22(15-11-20)35(31,32)28-25-9-5-4-8-24(25)26(30)27-21-12-16-23(17-13-21)36(33,34)29-18-6-2-3-7-19-29/h4-5,8-17,28H,2-3,6-7,18-19H2,1H3,(H,27,30). The molecule has 10 heteroatoms. The summed E-state index contributed by atoms with van der Waals surface area (Å²) in [4.78, 5) is 13.3. The first kappa shape index (κ1) is 25.9. The molecule has 3 aromatic carbocycles. The zero-order valence-electron chi connectivity index (χ0n) is 20.0. The van der Waals surface area contributed by atoms with Gasteiger partial charge < -0.3 is 5.32 Å². The molecule has 0 saturated carbocycles. The van der Waals surface area contributed by atoms with Crippen molar-refractivity contribution in [1.29, 1.82) is 0 Å². The van der Waals surface area contributed by atoms with Gasteiger partial charge in [0.1, 0.15) is 0 Å². The number of carbonyl (C=O) groups excluding carboxylic acids is 1. The van der Waals surface area contributed by atoms with Gasteiger partial charge in [-0.05, 0) is 68.3 Å². The first-order valence-electron chi connectivity index (χ1n) is 11.8. The number of para-hydroxylation sites is 1. The number of amides is 1. The van der Waals surface area contributed by atoms with Gasteiger partial charge in [-0.2, -0.15) is 4.31 Å². The van der Waals surface area contributed by atoms with Gasteiger partial charge in [0.15, 0.2) is 0 Å². The third kappa shape index (κ3) is 5.95. The Bertz CT molecular complexity index is 1430. The first-order valence-corrected chi connectivity index (χ1v) is 14.7. The fraction of sp³-hybridized carbons (Fsp3) is 0.269. The third-order valence-electron chi connectivity index (χ3n) is 6.06. The van der Waals surface area contributed by atoms with E-state index in [0.717, 1.165) is 31.2 Å². The van der Waals surface area contributed by atoms with Crippen molar-refractivity contribution in [2.45, 2.75) is 42.4 Å². The van der Waals surface area contributed by atoms with Crippen molar-refractivity contribution >= 4 is 37.3 Å². The van der Waals surface area contributed by atoms with Crippen LogP contribution in [0, 0.1) is 6.92 Å². The smallest absolute Gasteiger partial charge is 0.261 e. The zero-order chi connectivity index (χ0) is 25.8. The number of nitrogens with one attached hydrogen (secondary N) is 2. The van der Waals surface area contributed by atoms with E-state index in [4.69, 9.17) is 0 Å². The first-order chi connectivity index (χ1) is 17.2. The molecule has 1 saturated heterocycles. The molecule has 1 fully saturated rings. The SMILES string of the molecule is Cc1ccc(S(=O)(=O)Nc2ccccc2C(=O)Nc2ccc(S(=O)(=O)N3CCCCCC3)cc2)cc1. The quantitative estimate of drug-likeness (QED) is 0.466. The van der Waals surface area contributed by atoms with E-state index in [0.29, 0.717) is 18.8 Å². The minimum absolute atomic E-state index is 0.0875. The highest BCUT2D eigenvalue weighted by Crippen LogP contribution is 2.24. The van der Waals surface area contributed by atoms with Gasteiger partial charge in [0, 0.05) is 18.8 Å². The summed E-state index contributed by atoms with van der Waals surface area (Å²) < 4.78 is 55.6. The number of anilines is 2.